The second-order valence-electron chi connectivity index (χ2n) is 4.74. The van der Waals surface area contributed by atoms with Crippen molar-refractivity contribution in [3.8, 4) is 0 Å². The fraction of sp³-hybridized carbons (Fsp3) is 0.0714. The Morgan fingerprint density at radius 2 is 1.29 bits per heavy atom. The van der Waals surface area contributed by atoms with Crippen molar-refractivity contribution < 1.29 is 21.6 Å². The molecule has 0 aliphatic rings. The van der Waals surface area contributed by atoms with Crippen molar-refractivity contribution in [2.24, 2.45) is 0 Å². The van der Waals surface area contributed by atoms with E-state index in [4.69, 9.17) is 11.6 Å². The molecule has 2 amide bonds. The molecular formula is C14H13ClN2O5S2. The highest BCUT2D eigenvalue weighted by molar-refractivity contribution is 7.91. The lowest BCUT2D eigenvalue weighted by molar-refractivity contribution is 0.250. The largest absolute Gasteiger partial charge is 0.342 e. The molecule has 0 spiro atoms. The SMILES string of the molecule is Cc1ccccc1S(=O)(=O)NC(=O)NS(=O)(=O)c1ccccc1Cl. The van der Waals surface area contributed by atoms with Crippen molar-refractivity contribution in [1.82, 2.24) is 9.44 Å². The summed E-state index contributed by atoms with van der Waals surface area (Å²) in [6, 6.07) is 10.0. The number of nitrogens with one attached hydrogen (secondary N) is 2. The van der Waals surface area contributed by atoms with Crippen LogP contribution in [0.5, 0.6) is 0 Å². The maximum Gasteiger partial charge on any atom is 0.342 e. The van der Waals surface area contributed by atoms with Gasteiger partial charge in [0.15, 0.2) is 0 Å². The van der Waals surface area contributed by atoms with Gasteiger partial charge in [0.25, 0.3) is 20.0 Å². The first-order valence-corrected chi connectivity index (χ1v) is 9.88. The smallest absolute Gasteiger partial charge is 0.247 e. The predicted molar refractivity (Wildman–Crippen MR) is 88.7 cm³/mol. The summed E-state index contributed by atoms with van der Waals surface area (Å²) in [6.07, 6.45) is 0. The van der Waals surface area contributed by atoms with Gasteiger partial charge in [0.2, 0.25) is 0 Å². The van der Waals surface area contributed by atoms with Gasteiger partial charge in [-0.15, -0.1) is 0 Å². The average Bonchev–Trinajstić information content (AvgIpc) is 2.46. The Bertz CT molecular complexity index is 908. The first-order chi connectivity index (χ1) is 11.1. The van der Waals surface area contributed by atoms with Crippen molar-refractivity contribution in [2.45, 2.75) is 16.7 Å². The molecular weight excluding hydrogens is 376 g/mol. The Morgan fingerprint density at radius 1 is 0.833 bits per heavy atom. The van der Waals surface area contributed by atoms with Crippen LogP contribution < -0.4 is 9.44 Å². The lowest BCUT2D eigenvalue weighted by Crippen LogP contribution is -2.42. The van der Waals surface area contributed by atoms with Gasteiger partial charge in [-0.05, 0) is 30.7 Å². The van der Waals surface area contributed by atoms with Gasteiger partial charge in [0.1, 0.15) is 4.90 Å². The van der Waals surface area contributed by atoms with Crippen LogP contribution in [-0.4, -0.2) is 22.9 Å². The molecule has 2 N–H and O–H groups in total. The molecule has 0 bridgehead atoms. The quantitative estimate of drug-likeness (QED) is 0.832. The zero-order valence-electron chi connectivity index (χ0n) is 12.4. The Balaban J connectivity index is 2.22. The number of hydrogen-bond donors (Lipinski definition) is 2. The van der Waals surface area contributed by atoms with Crippen LogP contribution in [0.3, 0.4) is 0 Å². The topological polar surface area (TPSA) is 109 Å². The number of sulfonamides is 2. The molecule has 2 aromatic carbocycles. The summed E-state index contributed by atoms with van der Waals surface area (Å²) in [6.45, 7) is 1.55. The minimum atomic E-state index is -4.31. The summed E-state index contributed by atoms with van der Waals surface area (Å²) in [4.78, 5) is 11.4. The highest BCUT2D eigenvalue weighted by atomic mass is 35.5. The number of amides is 2. The third kappa shape index (κ3) is 4.05. The summed E-state index contributed by atoms with van der Waals surface area (Å²) in [7, 11) is -8.53. The minimum Gasteiger partial charge on any atom is -0.247 e. The van der Waals surface area contributed by atoms with E-state index in [0.717, 1.165) is 0 Å². The van der Waals surface area contributed by atoms with Gasteiger partial charge in [-0.2, -0.15) is 0 Å². The van der Waals surface area contributed by atoms with Crippen LogP contribution in [0, 0.1) is 6.92 Å². The lowest BCUT2D eigenvalue weighted by Gasteiger charge is -2.11. The summed E-state index contributed by atoms with van der Waals surface area (Å²) in [5.74, 6) is 0. The van der Waals surface area contributed by atoms with Crippen molar-refractivity contribution >= 4 is 37.7 Å². The Labute approximate surface area is 144 Å². The van der Waals surface area contributed by atoms with E-state index in [1.54, 1.807) is 28.5 Å². The van der Waals surface area contributed by atoms with E-state index in [1.807, 2.05) is 0 Å². The summed E-state index contributed by atoms with van der Waals surface area (Å²) in [5, 5.41) is -0.0976. The van der Waals surface area contributed by atoms with Crippen LogP contribution >= 0.6 is 11.6 Å². The fourth-order valence-corrected chi connectivity index (χ4v) is 4.54. The summed E-state index contributed by atoms with van der Waals surface area (Å²) in [5.41, 5.74) is 0.409. The Hall–Kier alpha value is -2.10. The molecule has 0 fully saturated rings. The molecule has 128 valence electrons. The van der Waals surface area contributed by atoms with Crippen molar-refractivity contribution in [3.63, 3.8) is 0 Å². The Kier molecular flexibility index (Phi) is 5.16. The van der Waals surface area contributed by atoms with E-state index in [2.05, 4.69) is 0 Å². The number of rotatable bonds is 4. The molecule has 0 saturated heterocycles. The highest BCUT2D eigenvalue weighted by Gasteiger charge is 2.24. The molecule has 0 aromatic heterocycles. The molecule has 0 heterocycles. The second kappa shape index (κ2) is 6.80. The minimum absolute atomic E-state index is 0.0976. The maximum absolute atomic E-state index is 12.2. The number of carbonyl (C=O) groups excluding carboxylic acids is 1. The van der Waals surface area contributed by atoms with Gasteiger partial charge in [-0.1, -0.05) is 41.9 Å². The number of benzene rings is 2. The summed E-state index contributed by atoms with van der Waals surface area (Å²) < 4.78 is 51.8. The van der Waals surface area contributed by atoms with Gasteiger partial charge >= 0.3 is 6.03 Å². The molecule has 10 heteroatoms. The molecule has 0 radical (unpaired) electrons. The third-order valence-electron chi connectivity index (χ3n) is 2.96. The van der Waals surface area contributed by atoms with Crippen LogP contribution in [0.1, 0.15) is 5.56 Å². The lowest BCUT2D eigenvalue weighted by atomic mass is 10.2. The van der Waals surface area contributed by atoms with Crippen LogP contribution in [0.4, 0.5) is 4.79 Å². The van der Waals surface area contributed by atoms with Crippen LogP contribution in [0.2, 0.25) is 5.02 Å². The van der Waals surface area contributed by atoms with E-state index < -0.39 is 26.1 Å². The van der Waals surface area contributed by atoms with Crippen LogP contribution in [0.15, 0.2) is 58.3 Å². The molecule has 0 aliphatic carbocycles. The zero-order valence-corrected chi connectivity index (χ0v) is 14.7. The number of aryl methyl sites for hydroxylation is 1. The van der Waals surface area contributed by atoms with Crippen LogP contribution in [0.25, 0.3) is 0 Å². The maximum atomic E-state index is 12.2. The average molecular weight is 389 g/mol. The standard InChI is InChI=1S/C14H13ClN2O5S2/c1-10-6-2-4-8-12(10)23(19,20)16-14(18)17-24(21,22)13-9-5-3-7-11(13)15/h2-9H,1H3,(H2,16,17,18). The van der Waals surface area contributed by atoms with E-state index in [9.17, 15) is 21.6 Å². The molecule has 0 atom stereocenters. The first-order valence-electron chi connectivity index (χ1n) is 6.53. The van der Waals surface area contributed by atoms with Crippen molar-refractivity contribution in [2.75, 3.05) is 0 Å². The molecule has 2 rings (SSSR count). The third-order valence-corrected chi connectivity index (χ3v) is 6.29. The molecule has 7 nitrogen and oxygen atoms in total. The van der Waals surface area contributed by atoms with E-state index >= 15 is 0 Å². The first kappa shape index (κ1) is 18.2. The van der Waals surface area contributed by atoms with Gasteiger partial charge in [0.05, 0.1) is 9.92 Å². The molecule has 0 unspecified atom stereocenters. The van der Waals surface area contributed by atoms with Crippen LogP contribution in [-0.2, 0) is 20.0 Å². The second-order valence-corrected chi connectivity index (χ2v) is 8.44. The van der Waals surface area contributed by atoms with Gasteiger partial charge < -0.3 is 0 Å². The number of hydrogen-bond acceptors (Lipinski definition) is 5. The highest BCUT2D eigenvalue weighted by Crippen LogP contribution is 2.20. The molecule has 24 heavy (non-hydrogen) atoms. The molecule has 0 saturated carbocycles. The monoisotopic (exact) mass is 388 g/mol. The van der Waals surface area contributed by atoms with E-state index in [0.29, 0.717) is 5.56 Å². The Morgan fingerprint density at radius 3 is 1.83 bits per heavy atom. The summed E-state index contributed by atoms with van der Waals surface area (Å²) >= 11 is 5.77. The predicted octanol–water partition coefficient (Wildman–Crippen LogP) is 2.03. The fourth-order valence-electron chi connectivity index (χ4n) is 1.90. The molecule has 0 aliphatic heterocycles. The number of carbonyl (C=O) groups is 1. The van der Waals surface area contributed by atoms with Crippen molar-refractivity contribution in [1.29, 1.82) is 0 Å². The number of halogens is 1. The normalized spacial score (nSPS) is 11.8. The van der Waals surface area contributed by atoms with Gasteiger partial charge in [0, 0.05) is 0 Å². The molecule has 2 aromatic rings. The zero-order chi connectivity index (χ0) is 18.0. The number of urea groups is 1. The van der Waals surface area contributed by atoms with Crippen molar-refractivity contribution in [3.05, 3.63) is 59.1 Å². The van der Waals surface area contributed by atoms with Gasteiger partial charge in [-0.25, -0.2) is 31.1 Å². The van der Waals surface area contributed by atoms with E-state index in [-0.39, 0.29) is 14.8 Å². The van der Waals surface area contributed by atoms with E-state index in [1.165, 1.54) is 36.4 Å². The van der Waals surface area contributed by atoms with Gasteiger partial charge in [-0.3, -0.25) is 0 Å².